The van der Waals surface area contributed by atoms with Gasteiger partial charge >= 0.3 is 0 Å². The van der Waals surface area contributed by atoms with Crippen LogP contribution in [0.4, 0.5) is 11.4 Å². The fraction of sp³-hybridized carbons (Fsp3) is 0.160. The second-order valence-electron chi connectivity index (χ2n) is 8.24. The van der Waals surface area contributed by atoms with Gasteiger partial charge in [-0.2, -0.15) is 0 Å². The first-order valence-corrected chi connectivity index (χ1v) is 12.2. The first-order valence-electron chi connectivity index (χ1n) is 10.7. The first kappa shape index (κ1) is 21.2. The van der Waals surface area contributed by atoms with Crippen molar-refractivity contribution < 1.29 is 18.3 Å². The van der Waals surface area contributed by atoms with Crippen LogP contribution in [0.25, 0.3) is 11.3 Å². The van der Waals surface area contributed by atoms with Gasteiger partial charge in [-0.1, -0.05) is 30.3 Å². The zero-order valence-electron chi connectivity index (χ0n) is 17.7. The third kappa shape index (κ3) is 4.48. The highest BCUT2D eigenvalue weighted by Gasteiger charge is 2.31. The Hall–Kier alpha value is -3.62. The molecule has 1 saturated carbocycles. The summed E-state index contributed by atoms with van der Waals surface area (Å²) in [6.45, 7) is 0.428. The van der Waals surface area contributed by atoms with Crippen molar-refractivity contribution in [2.24, 2.45) is 5.92 Å². The number of hydrogen-bond donors (Lipinski definition) is 4. The number of sulfonamides is 1. The van der Waals surface area contributed by atoms with Crippen molar-refractivity contribution in [3.8, 4) is 5.75 Å². The van der Waals surface area contributed by atoms with E-state index in [0.717, 1.165) is 18.4 Å². The number of aromatic hydroxyl groups is 1. The summed E-state index contributed by atoms with van der Waals surface area (Å²) in [6.07, 6.45) is 2.09. The molecule has 0 bridgehead atoms. The smallest absolute Gasteiger partial charge is 0.258 e. The van der Waals surface area contributed by atoms with Crippen LogP contribution < -0.4 is 15.4 Å². The van der Waals surface area contributed by atoms with E-state index in [-0.39, 0.29) is 16.6 Å². The Bertz CT molecular complexity index is 1350. The molecule has 0 aromatic heterocycles. The van der Waals surface area contributed by atoms with E-state index in [4.69, 9.17) is 0 Å². The molecule has 1 aliphatic heterocycles. The molecular weight excluding hydrogens is 438 g/mol. The number of hydrogen-bond acceptors (Lipinski definition) is 5. The average molecular weight is 462 g/mol. The molecule has 4 N–H and O–H groups in total. The van der Waals surface area contributed by atoms with E-state index in [1.165, 1.54) is 6.07 Å². The molecule has 33 heavy (non-hydrogen) atoms. The Kier molecular flexibility index (Phi) is 5.39. The fourth-order valence-corrected chi connectivity index (χ4v) is 4.91. The molecule has 7 nitrogen and oxygen atoms in total. The molecule has 2 aliphatic rings. The second-order valence-corrected chi connectivity index (χ2v) is 10.0. The molecule has 0 atom stereocenters. The summed E-state index contributed by atoms with van der Waals surface area (Å²) in [5.74, 6) is 0.217. The van der Waals surface area contributed by atoms with Crippen LogP contribution >= 0.6 is 0 Å². The second kappa shape index (κ2) is 8.38. The van der Waals surface area contributed by atoms with Gasteiger partial charge in [0.2, 0.25) is 10.0 Å². The Morgan fingerprint density at radius 3 is 2.42 bits per heavy atom. The standard InChI is InChI=1S/C25H23N3O4S/c29-19-10-8-18(9-11-19)27-24(17-4-2-1-3-5-17)23-21-14-20(12-13-22(21)28-25(23)30)33(31,32)26-15-16-6-7-16/h1-5,8-14,16,26-27,29H,6-7,15H2,(H,28,30)/b24-23-. The van der Waals surface area contributed by atoms with Crippen molar-refractivity contribution in [2.75, 3.05) is 17.2 Å². The molecule has 3 aromatic rings. The summed E-state index contributed by atoms with van der Waals surface area (Å²) in [6, 6.07) is 20.5. The molecule has 0 spiro atoms. The molecule has 1 aliphatic carbocycles. The molecule has 8 heteroatoms. The Morgan fingerprint density at radius 1 is 1.00 bits per heavy atom. The molecule has 1 fully saturated rings. The van der Waals surface area contributed by atoms with E-state index >= 15 is 0 Å². The van der Waals surface area contributed by atoms with Crippen molar-refractivity contribution in [3.63, 3.8) is 0 Å². The van der Waals surface area contributed by atoms with E-state index in [9.17, 15) is 18.3 Å². The number of benzene rings is 3. The van der Waals surface area contributed by atoms with Crippen molar-refractivity contribution >= 4 is 38.6 Å². The van der Waals surface area contributed by atoms with Gasteiger partial charge in [0, 0.05) is 23.5 Å². The average Bonchev–Trinajstić information content (AvgIpc) is 3.59. The SMILES string of the molecule is O=C1Nc2ccc(S(=O)(=O)NCC3CC3)cc2/C1=C(/Nc1ccc(O)cc1)c1ccccc1. The summed E-state index contributed by atoms with van der Waals surface area (Å²) < 4.78 is 28.4. The molecule has 1 amide bonds. The largest absolute Gasteiger partial charge is 0.508 e. The minimum atomic E-state index is -3.69. The number of fused-ring (bicyclic) bond motifs is 1. The molecule has 5 rings (SSSR count). The van der Waals surface area contributed by atoms with Crippen LogP contribution in [0.5, 0.6) is 5.75 Å². The lowest BCUT2D eigenvalue weighted by Crippen LogP contribution is -2.25. The summed E-state index contributed by atoms with van der Waals surface area (Å²) in [7, 11) is -3.69. The maximum atomic E-state index is 13.1. The lowest BCUT2D eigenvalue weighted by Gasteiger charge is -2.15. The van der Waals surface area contributed by atoms with Gasteiger partial charge in [0.25, 0.3) is 5.91 Å². The van der Waals surface area contributed by atoms with Gasteiger partial charge in [0.15, 0.2) is 0 Å². The lowest BCUT2D eigenvalue weighted by molar-refractivity contribution is -0.110. The van der Waals surface area contributed by atoms with Crippen LogP contribution in [0.3, 0.4) is 0 Å². The fourth-order valence-electron chi connectivity index (χ4n) is 3.77. The predicted octanol–water partition coefficient (Wildman–Crippen LogP) is 4.01. The van der Waals surface area contributed by atoms with E-state index < -0.39 is 10.0 Å². The van der Waals surface area contributed by atoms with Gasteiger partial charge in [-0.25, -0.2) is 13.1 Å². The van der Waals surface area contributed by atoms with E-state index in [0.29, 0.717) is 40.7 Å². The highest BCUT2D eigenvalue weighted by Crippen LogP contribution is 2.39. The summed E-state index contributed by atoms with van der Waals surface area (Å²) in [5, 5.41) is 15.7. The number of anilines is 2. The van der Waals surface area contributed by atoms with Gasteiger partial charge < -0.3 is 15.7 Å². The highest BCUT2D eigenvalue weighted by molar-refractivity contribution is 7.89. The quantitative estimate of drug-likeness (QED) is 0.314. The van der Waals surface area contributed by atoms with Crippen LogP contribution in [0.1, 0.15) is 24.0 Å². The molecule has 1 heterocycles. The minimum absolute atomic E-state index is 0.118. The monoisotopic (exact) mass is 461 g/mol. The first-order chi connectivity index (χ1) is 15.9. The van der Waals surface area contributed by atoms with Crippen molar-refractivity contribution in [3.05, 3.63) is 83.9 Å². The molecule has 0 radical (unpaired) electrons. The van der Waals surface area contributed by atoms with E-state index in [1.54, 1.807) is 36.4 Å². The number of phenols is 1. The number of phenolic OH excluding ortho intramolecular Hbond substituents is 1. The van der Waals surface area contributed by atoms with Crippen molar-refractivity contribution in [2.45, 2.75) is 17.7 Å². The topological polar surface area (TPSA) is 108 Å². The molecule has 3 aromatic carbocycles. The third-order valence-corrected chi connectivity index (χ3v) is 7.18. The van der Waals surface area contributed by atoms with Crippen LogP contribution in [-0.2, 0) is 14.8 Å². The molecule has 168 valence electrons. The van der Waals surface area contributed by atoms with E-state index in [2.05, 4.69) is 15.4 Å². The minimum Gasteiger partial charge on any atom is -0.508 e. The Morgan fingerprint density at radius 2 is 1.73 bits per heavy atom. The molecular formula is C25H23N3O4S. The number of rotatable bonds is 7. The van der Waals surface area contributed by atoms with Gasteiger partial charge in [-0.05, 0) is 66.8 Å². The van der Waals surface area contributed by atoms with Crippen LogP contribution in [0, 0.1) is 5.92 Å². The zero-order valence-corrected chi connectivity index (χ0v) is 18.5. The predicted molar refractivity (Wildman–Crippen MR) is 128 cm³/mol. The summed E-state index contributed by atoms with van der Waals surface area (Å²) in [5.41, 5.74) is 3.40. The Balaban J connectivity index is 1.61. The number of nitrogens with one attached hydrogen (secondary N) is 3. The Labute approximate surface area is 192 Å². The lowest BCUT2D eigenvalue weighted by atomic mass is 10.00. The highest BCUT2D eigenvalue weighted by atomic mass is 32.2. The number of carbonyl (C=O) groups excluding carboxylic acids is 1. The van der Waals surface area contributed by atoms with Gasteiger partial charge in [0.05, 0.1) is 16.2 Å². The molecule has 0 saturated heterocycles. The van der Waals surface area contributed by atoms with Crippen LogP contribution in [0.15, 0.2) is 77.7 Å². The zero-order chi connectivity index (χ0) is 23.0. The normalized spacial score (nSPS) is 16.8. The summed E-state index contributed by atoms with van der Waals surface area (Å²) in [4.78, 5) is 13.2. The van der Waals surface area contributed by atoms with Gasteiger partial charge in [-0.3, -0.25) is 4.79 Å². The number of carbonyl (C=O) groups is 1. The van der Waals surface area contributed by atoms with Crippen LogP contribution in [-0.4, -0.2) is 26.0 Å². The van der Waals surface area contributed by atoms with Gasteiger partial charge in [0.1, 0.15) is 5.75 Å². The van der Waals surface area contributed by atoms with Crippen molar-refractivity contribution in [1.29, 1.82) is 0 Å². The summed E-state index contributed by atoms with van der Waals surface area (Å²) >= 11 is 0. The maximum Gasteiger partial charge on any atom is 0.258 e. The van der Waals surface area contributed by atoms with Crippen molar-refractivity contribution in [1.82, 2.24) is 4.72 Å². The molecule has 0 unspecified atom stereocenters. The third-order valence-electron chi connectivity index (χ3n) is 5.75. The van der Waals surface area contributed by atoms with E-state index in [1.807, 2.05) is 30.3 Å². The van der Waals surface area contributed by atoms with Gasteiger partial charge in [-0.15, -0.1) is 0 Å². The maximum absolute atomic E-state index is 13.1. The number of amides is 1. The van der Waals surface area contributed by atoms with Crippen LogP contribution in [0.2, 0.25) is 0 Å².